The van der Waals surface area contributed by atoms with Crippen LogP contribution >= 0.6 is 0 Å². The first-order valence-corrected chi connectivity index (χ1v) is 5.42. The second kappa shape index (κ2) is 4.95. The third-order valence-electron chi connectivity index (χ3n) is 2.55. The molecule has 6 heteroatoms. The van der Waals surface area contributed by atoms with Crippen LogP contribution in [0.3, 0.4) is 0 Å². The van der Waals surface area contributed by atoms with Gasteiger partial charge in [-0.2, -0.15) is 4.98 Å². The van der Waals surface area contributed by atoms with Crippen molar-refractivity contribution in [3.8, 4) is 0 Å². The number of aromatic nitrogens is 2. The monoisotopic (exact) mass is 249 g/mol. The molecule has 0 saturated heterocycles. The number of hydrogen-bond acceptors (Lipinski definition) is 4. The molecule has 0 saturated carbocycles. The van der Waals surface area contributed by atoms with Crippen molar-refractivity contribution in [3.05, 3.63) is 47.4 Å². The van der Waals surface area contributed by atoms with Crippen molar-refractivity contribution in [1.82, 2.24) is 15.5 Å². The molecule has 1 amide bonds. The molecule has 2 aromatic rings. The minimum atomic E-state index is -0.518. The van der Waals surface area contributed by atoms with Crippen LogP contribution in [0.1, 0.15) is 34.7 Å². The van der Waals surface area contributed by atoms with Gasteiger partial charge in [-0.05, 0) is 25.5 Å². The Morgan fingerprint density at radius 3 is 2.94 bits per heavy atom. The van der Waals surface area contributed by atoms with Crippen LogP contribution in [0.5, 0.6) is 0 Å². The Morgan fingerprint density at radius 1 is 1.50 bits per heavy atom. The zero-order valence-electron chi connectivity index (χ0n) is 9.98. The minimum Gasteiger partial charge on any atom is -0.343 e. The second-order valence-electron chi connectivity index (χ2n) is 3.92. The fourth-order valence-electron chi connectivity index (χ4n) is 1.53. The number of benzene rings is 1. The third kappa shape index (κ3) is 2.37. The first-order valence-electron chi connectivity index (χ1n) is 5.42. The normalized spacial score (nSPS) is 12.2. The molecule has 0 spiro atoms. The molecule has 18 heavy (non-hydrogen) atoms. The van der Waals surface area contributed by atoms with E-state index in [1.54, 1.807) is 26.0 Å². The highest BCUT2D eigenvalue weighted by molar-refractivity contribution is 5.94. The van der Waals surface area contributed by atoms with E-state index in [1.807, 2.05) is 0 Å². The summed E-state index contributed by atoms with van der Waals surface area (Å²) in [5.74, 6) is -0.680. The Balaban J connectivity index is 2.15. The van der Waals surface area contributed by atoms with E-state index in [9.17, 15) is 9.18 Å². The molecule has 1 aromatic carbocycles. The van der Waals surface area contributed by atoms with Crippen LogP contribution < -0.4 is 5.32 Å². The van der Waals surface area contributed by atoms with E-state index < -0.39 is 17.8 Å². The number of nitrogens with one attached hydrogen (secondary N) is 1. The lowest BCUT2D eigenvalue weighted by atomic mass is 10.1. The van der Waals surface area contributed by atoms with Crippen LogP contribution in [0.2, 0.25) is 0 Å². The first-order chi connectivity index (χ1) is 8.59. The average molecular weight is 249 g/mol. The molecule has 0 bridgehead atoms. The Kier molecular flexibility index (Phi) is 3.36. The number of amides is 1. The van der Waals surface area contributed by atoms with Gasteiger partial charge in [-0.1, -0.05) is 17.3 Å². The fourth-order valence-corrected chi connectivity index (χ4v) is 1.53. The predicted molar refractivity (Wildman–Crippen MR) is 61.3 cm³/mol. The summed E-state index contributed by atoms with van der Waals surface area (Å²) in [5, 5.41) is 6.21. The molecule has 0 aliphatic heterocycles. The highest BCUT2D eigenvalue weighted by atomic mass is 19.1. The molecule has 94 valence electrons. The molecule has 0 aliphatic rings. The number of halogens is 1. The summed E-state index contributed by atoms with van der Waals surface area (Å²) < 4.78 is 18.3. The maximum Gasteiger partial charge on any atom is 0.254 e. The second-order valence-corrected chi connectivity index (χ2v) is 3.92. The summed E-state index contributed by atoms with van der Waals surface area (Å²) >= 11 is 0. The third-order valence-corrected chi connectivity index (χ3v) is 2.55. The van der Waals surface area contributed by atoms with Crippen molar-refractivity contribution in [1.29, 1.82) is 0 Å². The van der Waals surface area contributed by atoms with E-state index in [-0.39, 0.29) is 5.56 Å². The number of aryl methyl sites for hydroxylation is 1. The van der Waals surface area contributed by atoms with Crippen molar-refractivity contribution in [2.45, 2.75) is 19.9 Å². The minimum absolute atomic E-state index is 0.00495. The summed E-state index contributed by atoms with van der Waals surface area (Å²) in [6.45, 7) is 3.30. The van der Waals surface area contributed by atoms with Crippen LogP contribution in [0.15, 0.2) is 29.1 Å². The summed E-state index contributed by atoms with van der Waals surface area (Å²) in [7, 11) is 0. The van der Waals surface area contributed by atoms with Gasteiger partial charge in [0.25, 0.3) is 5.91 Å². The zero-order valence-corrected chi connectivity index (χ0v) is 9.98. The average Bonchev–Trinajstić information content (AvgIpc) is 2.86. The maximum atomic E-state index is 13.7. The van der Waals surface area contributed by atoms with Gasteiger partial charge in [0.05, 0.1) is 11.6 Å². The zero-order chi connectivity index (χ0) is 13.1. The van der Waals surface area contributed by atoms with Gasteiger partial charge in [0.1, 0.15) is 5.82 Å². The maximum absolute atomic E-state index is 13.7. The number of carbonyl (C=O) groups is 1. The summed E-state index contributed by atoms with van der Waals surface area (Å²) in [6, 6.07) is 4.22. The smallest absolute Gasteiger partial charge is 0.254 e. The van der Waals surface area contributed by atoms with Gasteiger partial charge in [0, 0.05) is 0 Å². The van der Waals surface area contributed by atoms with Gasteiger partial charge >= 0.3 is 0 Å². The molecule has 0 radical (unpaired) electrons. The molecule has 1 N–H and O–H groups in total. The van der Waals surface area contributed by atoms with Gasteiger partial charge in [-0.25, -0.2) is 4.39 Å². The molecule has 5 nitrogen and oxygen atoms in total. The van der Waals surface area contributed by atoms with Crippen molar-refractivity contribution < 1.29 is 13.7 Å². The molecule has 0 aliphatic carbocycles. The molecule has 1 heterocycles. The van der Waals surface area contributed by atoms with Crippen LogP contribution in [-0.4, -0.2) is 16.0 Å². The fraction of sp³-hybridized carbons (Fsp3) is 0.250. The lowest BCUT2D eigenvalue weighted by Gasteiger charge is -2.11. The SMILES string of the molecule is Cc1cccc(C(=O)N[C@H](C)c2ncon2)c1F. The summed E-state index contributed by atoms with van der Waals surface area (Å²) in [5.41, 5.74) is 0.431. The standard InChI is InChI=1S/C12H12FN3O2/c1-7-4-3-5-9(10(7)13)12(17)15-8(2)11-14-6-18-16-11/h3-6,8H,1-2H3,(H,15,17)/t8-/m1/s1. The Morgan fingerprint density at radius 2 is 2.28 bits per heavy atom. The van der Waals surface area contributed by atoms with Crippen LogP contribution in [-0.2, 0) is 0 Å². The van der Waals surface area contributed by atoms with Gasteiger partial charge < -0.3 is 9.84 Å². The molecule has 2 rings (SSSR count). The largest absolute Gasteiger partial charge is 0.343 e. The summed E-state index contributed by atoms with van der Waals surface area (Å²) in [6.07, 6.45) is 1.17. The van der Waals surface area contributed by atoms with Crippen molar-refractivity contribution in [2.24, 2.45) is 0 Å². The molecule has 1 aromatic heterocycles. The molecule has 1 atom stereocenters. The van der Waals surface area contributed by atoms with Crippen LogP contribution in [0.4, 0.5) is 4.39 Å². The summed E-state index contributed by atoms with van der Waals surface area (Å²) in [4.78, 5) is 15.7. The van der Waals surface area contributed by atoms with E-state index in [4.69, 9.17) is 0 Å². The Bertz CT molecular complexity index is 554. The quantitative estimate of drug-likeness (QED) is 0.903. The Labute approximate surface area is 103 Å². The van der Waals surface area contributed by atoms with E-state index >= 15 is 0 Å². The lowest BCUT2D eigenvalue weighted by Crippen LogP contribution is -2.28. The van der Waals surface area contributed by atoms with E-state index in [2.05, 4.69) is 20.0 Å². The first kappa shape index (κ1) is 12.2. The van der Waals surface area contributed by atoms with Gasteiger partial charge in [0.2, 0.25) is 6.39 Å². The molecular formula is C12H12FN3O2. The Hall–Kier alpha value is -2.24. The molecule has 0 fully saturated rings. The van der Waals surface area contributed by atoms with Gasteiger partial charge in [-0.3, -0.25) is 4.79 Å². The van der Waals surface area contributed by atoms with Crippen LogP contribution in [0.25, 0.3) is 0 Å². The highest BCUT2D eigenvalue weighted by Crippen LogP contribution is 2.13. The number of nitrogens with zero attached hydrogens (tertiary/aromatic N) is 2. The van der Waals surface area contributed by atoms with E-state index in [0.29, 0.717) is 11.4 Å². The van der Waals surface area contributed by atoms with E-state index in [0.717, 1.165) is 0 Å². The number of rotatable bonds is 3. The lowest BCUT2D eigenvalue weighted by molar-refractivity contribution is 0.0933. The van der Waals surface area contributed by atoms with Crippen molar-refractivity contribution in [3.63, 3.8) is 0 Å². The van der Waals surface area contributed by atoms with Gasteiger partial charge in [-0.15, -0.1) is 0 Å². The topological polar surface area (TPSA) is 68.0 Å². The highest BCUT2D eigenvalue weighted by Gasteiger charge is 2.18. The van der Waals surface area contributed by atoms with Crippen LogP contribution in [0, 0.1) is 12.7 Å². The molecular weight excluding hydrogens is 237 g/mol. The van der Waals surface area contributed by atoms with Crippen molar-refractivity contribution in [2.75, 3.05) is 0 Å². The van der Waals surface area contributed by atoms with Crippen molar-refractivity contribution >= 4 is 5.91 Å². The predicted octanol–water partition coefficient (Wildman–Crippen LogP) is 2.01. The van der Waals surface area contributed by atoms with Gasteiger partial charge in [0.15, 0.2) is 5.82 Å². The van der Waals surface area contributed by atoms with E-state index in [1.165, 1.54) is 12.5 Å². The number of hydrogen-bond donors (Lipinski definition) is 1. The molecule has 0 unspecified atom stereocenters. The number of carbonyl (C=O) groups excluding carboxylic acids is 1.